The first kappa shape index (κ1) is 18.9. The van der Waals surface area contributed by atoms with Gasteiger partial charge in [-0.3, -0.25) is 4.79 Å². The van der Waals surface area contributed by atoms with Gasteiger partial charge in [-0.05, 0) is 23.8 Å². The van der Waals surface area contributed by atoms with Crippen LogP contribution in [0.2, 0.25) is 0 Å². The lowest BCUT2D eigenvalue weighted by atomic mass is 10.2. The van der Waals surface area contributed by atoms with Gasteiger partial charge in [0.25, 0.3) is 0 Å². The summed E-state index contributed by atoms with van der Waals surface area (Å²) >= 11 is 0. The van der Waals surface area contributed by atoms with E-state index in [-0.39, 0.29) is 28.9 Å². The number of fused-ring (bicyclic) bond motifs is 1. The first-order valence-electron chi connectivity index (χ1n) is 8.68. The highest BCUT2D eigenvalue weighted by molar-refractivity contribution is 7.90. The predicted octanol–water partition coefficient (Wildman–Crippen LogP) is 3.38. The van der Waals surface area contributed by atoms with Crippen molar-refractivity contribution in [1.82, 2.24) is 9.72 Å². The average molecular weight is 413 g/mol. The van der Waals surface area contributed by atoms with E-state index in [2.05, 4.69) is 15.0 Å². The Labute approximate surface area is 165 Å². The van der Waals surface area contributed by atoms with Crippen molar-refractivity contribution >= 4 is 32.5 Å². The maximum Gasteiger partial charge on any atom is 0.245 e. The number of nitrogens with one attached hydrogen (secondary N) is 1. The van der Waals surface area contributed by atoms with Crippen molar-refractivity contribution in [1.29, 1.82) is 0 Å². The molecule has 9 heteroatoms. The fraction of sp³-hybridized carbons (Fsp3) is 0.100. The number of hydrogen-bond donors (Lipinski definition) is 1. The molecule has 0 saturated heterocycles. The second-order valence-corrected chi connectivity index (χ2v) is 8.42. The van der Waals surface area contributed by atoms with Gasteiger partial charge in [0.1, 0.15) is 18.6 Å². The molecule has 0 aliphatic carbocycles. The number of halogens is 1. The summed E-state index contributed by atoms with van der Waals surface area (Å²) in [6, 6.07) is 13.9. The SMILES string of the molecule is O=C(Cn1cc(S(=O)(=O)Cc2cccc(F)c2)c2ccccc21)Nc1ccon1. The lowest BCUT2D eigenvalue weighted by molar-refractivity contribution is -0.116. The van der Waals surface area contributed by atoms with Crippen LogP contribution in [0.4, 0.5) is 10.2 Å². The Kier molecular flexibility index (Phi) is 4.89. The third-order valence-electron chi connectivity index (χ3n) is 4.35. The van der Waals surface area contributed by atoms with Crippen molar-refractivity contribution in [3.05, 3.63) is 78.4 Å². The van der Waals surface area contributed by atoms with Crippen LogP contribution in [-0.2, 0) is 26.9 Å². The van der Waals surface area contributed by atoms with E-state index in [1.807, 2.05) is 0 Å². The molecule has 0 saturated carbocycles. The summed E-state index contributed by atoms with van der Waals surface area (Å²) < 4.78 is 45.7. The van der Waals surface area contributed by atoms with Crippen molar-refractivity contribution < 1.29 is 22.1 Å². The number of sulfone groups is 1. The van der Waals surface area contributed by atoms with Gasteiger partial charge in [0.2, 0.25) is 5.91 Å². The van der Waals surface area contributed by atoms with Gasteiger partial charge in [0, 0.05) is 23.2 Å². The highest BCUT2D eigenvalue weighted by atomic mass is 32.2. The average Bonchev–Trinajstić information content (AvgIpc) is 3.30. The molecule has 0 radical (unpaired) electrons. The van der Waals surface area contributed by atoms with Crippen LogP contribution in [0.3, 0.4) is 0 Å². The minimum atomic E-state index is -3.77. The maximum atomic E-state index is 13.4. The second kappa shape index (κ2) is 7.51. The number of nitrogens with zero attached hydrogens (tertiary/aromatic N) is 2. The van der Waals surface area contributed by atoms with E-state index < -0.39 is 15.7 Å². The Balaban J connectivity index is 1.67. The fourth-order valence-corrected chi connectivity index (χ4v) is 4.70. The van der Waals surface area contributed by atoms with E-state index in [0.29, 0.717) is 16.5 Å². The molecule has 0 fully saturated rings. The van der Waals surface area contributed by atoms with Crippen LogP contribution < -0.4 is 5.32 Å². The number of hydrogen-bond acceptors (Lipinski definition) is 5. The fourth-order valence-electron chi connectivity index (χ4n) is 3.13. The van der Waals surface area contributed by atoms with Gasteiger partial charge in [0.05, 0.1) is 10.6 Å². The zero-order chi connectivity index (χ0) is 20.4. The number of para-hydroxylation sites is 1. The summed E-state index contributed by atoms with van der Waals surface area (Å²) in [5, 5.41) is 6.69. The number of amides is 1. The number of carbonyl (C=O) groups is 1. The highest BCUT2D eigenvalue weighted by Gasteiger charge is 2.22. The first-order chi connectivity index (χ1) is 13.9. The summed E-state index contributed by atoms with van der Waals surface area (Å²) in [4.78, 5) is 12.4. The Hall–Kier alpha value is -3.46. The predicted molar refractivity (Wildman–Crippen MR) is 104 cm³/mol. The molecule has 29 heavy (non-hydrogen) atoms. The molecule has 2 aromatic carbocycles. The van der Waals surface area contributed by atoms with Crippen LogP contribution in [0.5, 0.6) is 0 Å². The summed E-state index contributed by atoms with van der Waals surface area (Å²) in [7, 11) is -3.77. The number of anilines is 1. The van der Waals surface area contributed by atoms with Crippen LogP contribution in [-0.4, -0.2) is 24.0 Å². The molecule has 0 unspecified atom stereocenters. The molecule has 0 atom stereocenters. The third kappa shape index (κ3) is 4.04. The van der Waals surface area contributed by atoms with Crippen molar-refractivity contribution in [2.24, 2.45) is 0 Å². The molecule has 0 aliphatic heterocycles. The van der Waals surface area contributed by atoms with E-state index in [1.165, 1.54) is 36.7 Å². The molecular formula is C20H16FN3O4S. The molecule has 2 heterocycles. The van der Waals surface area contributed by atoms with Crippen LogP contribution in [0.25, 0.3) is 10.9 Å². The van der Waals surface area contributed by atoms with Crippen LogP contribution in [0, 0.1) is 5.82 Å². The van der Waals surface area contributed by atoms with Crippen LogP contribution in [0.1, 0.15) is 5.56 Å². The third-order valence-corrected chi connectivity index (χ3v) is 6.06. The van der Waals surface area contributed by atoms with Crippen molar-refractivity contribution in [3.8, 4) is 0 Å². The van der Waals surface area contributed by atoms with Crippen molar-refractivity contribution in [2.45, 2.75) is 17.2 Å². The van der Waals surface area contributed by atoms with E-state index in [9.17, 15) is 17.6 Å². The van der Waals surface area contributed by atoms with E-state index in [1.54, 1.807) is 34.9 Å². The molecule has 1 N–H and O–H groups in total. The number of carbonyl (C=O) groups excluding carboxylic acids is 1. The van der Waals surface area contributed by atoms with Gasteiger partial charge in [-0.25, -0.2) is 12.8 Å². The van der Waals surface area contributed by atoms with E-state index in [0.717, 1.165) is 0 Å². The molecule has 1 amide bonds. The molecule has 7 nitrogen and oxygen atoms in total. The number of aromatic nitrogens is 2. The second-order valence-electron chi connectivity index (χ2n) is 6.46. The zero-order valence-electron chi connectivity index (χ0n) is 15.1. The Morgan fingerprint density at radius 2 is 1.97 bits per heavy atom. The smallest absolute Gasteiger partial charge is 0.245 e. The summed E-state index contributed by atoms with van der Waals surface area (Å²) in [5.74, 6) is -0.951. The van der Waals surface area contributed by atoms with E-state index >= 15 is 0 Å². The molecule has 0 bridgehead atoms. The molecule has 2 aromatic heterocycles. The Bertz CT molecular complexity index is 1280. The maximum absolute atomic E-state index is 13.4. The molecule has 0 spiro atoms. The van der Waals surface area contributed by atoms with Gasteiger partial charge in [-0.1, -0.05) is 35.5 Å². The molecule has 148 valence electrons. The normalized spacial score (nSPS) is 11.6. The standard InChI is InChI=1S/C20H16FN3O4S/c21-15-5-3-4-14(10-15)13-29(26,27)18-11-24(17-7-2-1-6-16(17)18)12-20(25)22-19-8-9-28-23-19/h1-11H,12-13H2,(H,22,23,25). The van der Waals surface area contributed by atoms with Crippen LogP contribution >= 0.6 is 0 Å². The van der Waals surface area contributed by atoms with Gasteiger partial charge in [-0.15, -0.1) is 0 Å². The topological polar surface area (TPSA) is 94.2 Å². The summed E-state index contributed by atoms with van der Waals surface area (Å²) in [6.45, 7) is -0.108. The van der Waals surface area contributed by atoms with Crippen molar-refractivity contribution in [3.63, 3.8) is 0 Å². The molecular weight excluding hydrogens is 397 g/mol. The largest absolute Gasteiger partial charge is 0.363 e. The van der Waals surface area contributed by atoms with Gasteiger partial charge in [-0.2, -0.15) is 0 Å². The number of rotatable bonds is 6. The Morgan fingerprint density at radius 3 is 2.72 bits per heavy atom. The van der Waals surface area contributed by atoms with Crippen LogP contribution in [0.15, 0.2) is 76.5 Å². The van der Waals surface area contributed by atoms with Crippen molar-refractivity contribution in [2.75, 3.05) is 5.32 Å². The minimum Gasteiger partial charge on any atom is -0.363 e. The lowest BCUT2D eigenvalue weighted by Crippen LogP contribution is -2.18. The van der Waals surface area contributed by atoms with Gasteiger partial charge < -0.3 is 14.4 Å². The monoisotopic (exact) mass is 413 g/mol. The highest BCUT2D eigenvalue weighted by Crippen LogP contribution is 2.28. The Morgan fingerprint density at radius 1 is 1.14 bits per heavy atom. The summed E-state index contributed by atoms with van der Waals surface area (Å²) in [5.41, 5.74) is 0.950. The molecule has 0 aliphatic rings. The first-order valence-corrected chi connectivity index (χ1v) is 10.3. The molecule has 4 aromatic rings. The minimum absolute atomic E-state index is 0.0894. The molecule has 4 rings (SSSR count). The van der Waals surface area contributed by atoms with Gasteiger partial charge >= 0.3 is 0 Å². The quantitative estimate of drug-likeness (QED) is 0.523. The van der Waals surface area contributed by atoms with E-state index in [4.69, 9.17) is 0 Å². The lowest BCUT2D eigenvalue weighted by Gasteiger charge is -2.05. The zero-order valence-corrected chi connectivity index (χ0v) is 15.9. The number of benzene rings is 2. The summed E-state index contributed by atoms with van der Waals surface area (Å²) in [6.07, 6.45) is 2.76. The van der Waals surface area contributed by atoms with Gasteiger partial charge in [0.15, 0.2) is 15.7 Å².